The van der Waals surface area contributed by atoms with Crippen molar-refractivity contribution >= 4 is 49.6 Å². The number of rotatable bonds is 3. The minimum atomic E-state index is -0.124. The van der Waals surface area contributed by atoms with Gasteiger partial charge in [0.25, 0.3) is 5.56 Å². The summed E-state index contributed by atoms with van der Waals surface area (Å²) in [5.41, 5.74) is 3.32. The highest BCUT2D eigenvalue weighted by Crippen LogP contribution is 2.31. The van der Waals surface area contributed by atoms with Crippen molar-refractivity contribution in [2.24, 2.45) is 14.1 Å². The molecule has 0 amide bonds. The van der Waals surface area contributed by atoms with Crippen molar-refractivity contribution in [3.8, 4) is 0 Å². The second-order valence-corrected chi connectivity index (χ2v) is 7.49. The predicted octanol–water partition coefficient (Wildman–Crippen LogP) is 2.92. The highest BCUT2D eigenvalue weighted by molar-refractivity contribution is 7.20. The van der Waals surface area contributed by atoms with E-state index in [2.05, 4.69) is 21.8 Å². The number of fused-ring (bicyclic) bond motifs is 4. The van der Waals surface area contributed by atoms with E-state index in [1.807, 2.05) is 47.7 Å². The van der Waals surface area contributed by atoms with Crippen LogP contribution in [0.5, 0.6) is 0 Å². The first-order valence-corrected chi connectivity index (χ1v) is 9.27. The molecule has 1 aromatic carbocycles. The topological polar surface area (TPSA) is 70.5 Å². The molecule has 0 aliphatic carbocycles. The molecule has 8 heteroatoms. The summed E-state index contributed by atoms with van der Waals surface area (Å²) in [6.45, 7) is 4.16. The minimum Gasteiger partial charge on any atom is -0.323 e. The third kappa shape index (κ3) is 2.20. The van der Waals surface area contributed by atoms with Crippen LogP contribution >= 0.6 is 11.3 Å². The summed E-state index contributed by atoms with van der Waals surface area (Å²) in [6.07, 6.45) is 5.31. The number of hydrogen-bond acceptors (Lipinski definition) is 5. The van der Waals surface area contributed by atoms with Crippen molar-refractivity contribution in [1.82, 2.24) is 29.1 Å². The van der Waals surface area contributed by atoms with E-state index in [0.29, 0.717) is 12.1 Å². The lowest BCUT2D eigenvalue weighted by Gasteiger charge is -2.07. The molecule has 4 aromatic heterocycles. The quantitative estimate of drug-likeness (QED) is 0.485. The molecule has 0 fully saturated rings. The van der Waals surface area contributed by atoms with E-state index in [1.165, 1.54) is 16.0 Å². The van der Waals surface area contributed by atoms with Gasteiger partial charge in [-0.15, -0.1) is 11.3 Å². The van der Waals surface area contributed by atoms with Crippen LogP contribution in [-0.4, -0.2) is 29.1 Å². The third-order valence-corrected chi connectivity index (χ3v) is 5.99. The van der Waals surface area contributed by atoms with E-state index < -0.39 is 0 Å². The Morgan fingerprint density at radius 1 is 1.19 bits per heavy atom. The molecule has 0 saturated carbocycles. The van der Waals surface area contributed by atoms with Gasteiger partial charge < -0.3 is 4.57 Å². The SMILES string of the molecule is C=Cc1nc2c(s1)c1cnn(Cc3cccc4c3cnn4C)c(=O)c1n2C. The smallest absolute Gasteiger partial charge is 0.291 e. The summed E-state index contributed by atoms with van der Waals surface area (Å²) in [5, 5.41) is 11.4. The molecule has 0 atom stereocenters. The Hall–Kier alpha value is -3.26. The summed E-state index contributed by atoms with van der Waals surface area (Å²) in [6, 6.07) is 5.99. The number of benzene rings is 1. The maximum absolute atomic E-state index is 13.1. The van der Waals surface area contributed by atoms with Crippen molar-refractivity contribution < 1.29 is 0 Å². The van der Waals surface area contributed by atoms with Crippen LogP contribution in [0.4, 0.5) is 0 Å². The molecule has 7 nitrogen and oxygen atoms in total. The number of aromatic nitrogens is 6. The predicted molar refractivity (Wildman–Crippen MR) is 108 cm³/mol. The fraction of sp³-hybridized carbons (Fsp3) is 0.158. The van der Waals surface area contributed by atoms with Gasteiger partial charge >= 0.3 is 0 Å². The fourth-order valence-corrected chi connectivity index (χ4v) is 4.50. The van der Waals surface area contributed by atoms with Crippen LogP contribution in [0.3, 0.4) is 0 Å². The summed E-state index contributed by atoms with van der Waals surface area (Å²) in [7, 11) is 3.77. The second kappa shape index (κ2) is 5.62. The Balaban J connectivity index is 1.70. The van der Waals surface area contributed by atoms with Crippen LogP contribution in [0, 0.1) is 0 Å². The average Bonchev–Trinajstić information content (AvgIpc) is 3.33. The Morgan fingerprint density at radius 2 is 2.00 bits per heavy atom. The van der Waals surface area contributed by atoms with Gasteiger partial charge in [0.2, 0.25) is 0 Å². The number of aryl methyl sites for hydroxylation is 2. The van der Waals surface area contributed by atoms with Crippen molar-refractivity contribution in [3.05, 3.63) is 58.1 Å². The number of nitrogens with zero attached hydrogens (tertiary/aromatic N) is 6. The summed E-state index contributed by atoms with van der Waals surface area (Å²) < 4.78 is 6.14. The van der Waals surface area contributed by atoms with Crippen LogP contribution in [0.15, 0.2) is 42.0 Å². The summed E-state index contributed by atoms with van der Waals surface area (Å²) in [5.74, 6) is 0. The van der Waals surface area contributed by atoms with E-state index in [9.17, 15) is 4.79 Å². The monoisotopic (exact) mass is 376 g/mol. The molecular weight excluding hydrogens is 360 g/mol. The molecular formula is C19H16N6OS. The van der Waals surface area contributed by atoms with Crippen molar-refractivity contribution in [2.45, 2.75) is 6.54 Å². The lowest BCUT2D eigenvalue weighted by Crippen LogP contribution is -2.24. The van der Waals surface area contributed by atoms with E-state index in [-0.39, 0.29) is 5.56 Å². The zero-order valence-corrected chi connectivity index (χ0v) is 15.7. The maximum atomic E-state index is 13.1. The normalized spacial score (nSPS) is 11.8. The number of hydrogen-bond donors (Lipinski definition) is 0. The first kappa shape index (κ1) is 16.0. The van der Waals surface area contributed by atoms with Crippen LogP contribution in [0.2, 0.25) is 0 Å². The molecule has 0 saturated heterocycles. The van der Waals surface area contributed by atoms with Gasteiger partial charge in [0.15, 0.2) is 5.65 Å². The average molecular weight is 376 g/mol. The molecule has 5 aromatic rings. The highest BCUT2D eigenvalue weighted by Gasteiger charge is 2.18. The van der Waals surface area contributed by atoms with E-state index in [0.717, 1.165) is 37.2 Å². The molecule has 27 heavy (non-hydrogen) atoms. The van der Waals surface area contributed by atoms with Crippen molar-refractivity contribution in [2.75, 3.05) is 0 Å². The van der Waals surface area contributed by atoms with Crippen molar-refractivity contribution in [3.63, 3.8) is 0 Å². The molecule has 134 valence electrons. The zero-order valence-electron chi connectivity index (χ0n) is 14.9. The molecule has 0 aliphatic heterocycles. The van der Waals surface area contributed by atoms with Gasteiger partial charge in [-0.25, -0.2) is 9.67 Å². The van der Waals surface area contributed by atoms with Gasteiger partial charge in [0, 0.05) is 24.9 Å². The van der Waals surface area contributed by atoms with Crippen LogP contribution in [0.25, 0.3) is 38.2 Å². The highest BCUT2D eigenvalue weighted by atomic mass is 32.1. The van der Waals surface area contributed by atoms with E-state index in [1.54, 1.807) is 12.3 Å². The van der Waals surface area contributed by atoms with Crippen LogP contribution in [-0.2, 0) is 20.6 Å². The fourth-order valence-electron chi connectivity index (χ4n) is 3.54. The molecule has 0 unspecified atom stereocenters. The van der Waals surface area contributed by atoms with Crippen LogP contribution < -0.4 is 5.56 Å². The lowest BCUT2D eigenvalue weighted by molar-refractivity contribution is 0.647. The first-order chi connectivity index (χ1) is 13.1. The van der Waals surface area contributed by atoms with Gasteiger partial charge in [-0.2, -0.15) is 10.2 Å². The Bertz CT molecular complexity index is 1420. The van der Waals surface area contributed by atoms with E-state index in [4.69, 9.17) is 0 Å². The Morgan fingerprint density at radius 3 is 2.81 bits per heavy atom. The molecule has 0 radical (unpaired) electrons. The van der Waals surface area contributed by atoms with Crippen molar-refractivity contribution in [1.29, 1.82) is 0 Å². The maximum Gasteiger partial charge on any atom is 0.291 e. The minimum absolute atomic E-state index is 0.124. The second-order valence-electron chi connectivity index (χ2n) is 6.46. The zero-order chi connectivity index (χ0) is 18.7. The Labute approximate surface area is 157 Å². The summed E-state index contributed by atoms with van der Waals surface area (Å²) in [4.78, 5) is 17.7. The first-order valence-electron chi connectivity index (χ1n) is 8.45. The molecule has 0 N–H and O–H groups in total. The molecule has 4 heterocycles. The standard InChI is InChI=1S/C19H16N6OS/c1-4-15-22-18-17(27-15)13-9-21-25(19(26)16(13)23(18)2)10-11-6-5-7-14-12(11)8-20-24(14)3/h4-9H,1,10H2,2-3H3. The lowest BCUT2D eigenvalue weighted by atomic mass is 10.1. The molecule has 0 aliphatic rings. The summed E-state index contributed by atoms with van der Waals surface area (Å²) >= 11 is 1.52. The van der Waals surface area contributed by atoms with Gasteiger partial charge in [-0.05, 0) is 17.7 Å². The van der Waals surface area contributed by atoms with Gasteiger partial charge in [0.05, 0.1) is 29.2 Å². The Kier molecular flexibility index (Phi) is 3.32. The van der Waals surface area contributed by atoms with Gasteiger partial charge in [-0.1, -0.05) is 18.7 Å². The number of thiazole rings is 1. The largest absolute Gasteiger partial charge is 0.323 e. The third-order valence-electron chi connectivity index (χ3n) is 4.92. The molecule has 0 bridgehead atoms. The molecule has 5 rings (SSSR count). The van der Waals surface area contributed by atoms with Gasteiger partial charge in [0.1, 0.15) is 10.5 Å². The van der Waals surface area contributed by atoms with E-state index >= 15 is 0 Å². The van der Waals surface area contributed by atoms with Crippen LogP contribution in [0.1, 0.15) is 10.6 Å². The molecule has 0 spiro atoms. The van der Waals surface area contributed by atoms with Gasteiger partial charge in [-0.3, -0.25) is 9.48 Å².